The highest BCUT2D eigenvalue weighted by atomic mass is 35.5. The quantitative estimate of drug-likeness (QED) is 0.644. The maximum Gasteiger partial charge on any atom is 0.405 e. The highest BCUT2D eigenvalue weighted by Crippen LogP contribution is 2.36. The lowest BCUT2D eigenvalue weighted by atomic mass is 10.1. The molecule has 0 spiro atoms. The van der Waals surface area contributed by atoms with E-state index in [4.69, 9.17) is 27.2 Å². The molecule has 2 unspecified atom stereocenters. The molecule has 1 aromatic rings. The summed E-state index contributed by atoms with van der Waals surface area (Å²) in [6.07, 6.45) is -2.74. The normalized spacial score (nSPS) is 18.0. The molecule has 1 aliphatic rings. The second kappa shape index (κ2) is 5.88. The fraction of sp³-hybridized carbons (Fsp3) is 0.250. The van der Waals surface area contributed by atoms with Crippen LogP contribution in [0.4, 0.5) is 10.5 Å². The molecule has 112 valence electrons. The SMILES string of the molecule is NC(=O)C(CC1Oc2c(Cl)cccc2NC1=O)NC(=O)O. The third-order valence-corrected chi connectivity index (χ3v) is 3.17. The first-order valence-electron chi connectivity index (χ1n) is 5.93. The highest BCUT2D eigenvalue weighted by molar-refractivity contribution is 6.32. The fourth-order valence-electron chi connectivity index (χ4n) is 1.90. The van der Waals surface area contributed by atoms with Gasteiger partial charge in [-0.3, -0.25) is 9.59 Å². The standard InChI is InChI=1S/C12H12ClN3O5/c13-5-2-1-3-6-9(5)21-8(11(18)15-6)4-7(10(14)17)16-12(19)20/h1-3,7-8,16H,4H2,(H2,14,17)(H,15,18)(H,19,20). The van der Waals surface area contributed by atoms with Crippen molar-refractivity contribution < 1.29 is 24.2 Å². The highest BCUT2D eigenvalue weighted by Gasteiger charge is 2.33. The summed E-state index contributed by atoms with van der Waals surface area (Å²) < 4.78 is 5.45. The van der Waals surface area contributed by atoms with Crippen molar-refractivity contribution in [3.05, 3.63) is 23.2 Å². The van der Waals surface area contributed by atoms with Crippen molar-refractivity contribution in [3.8, 4) is 5.75 Å². The summed E-state index contributed by atoms with van der Waals surface area (Å²) in [4.78, 5) is 33.7. The molecule has 3 amide bonds. The molecule has 1 heterocycles. The number of benzene rings is 1. The van der Waals surface area contributed by atoms with Crippen LogP contribution in [0.5, 0.6) is 5.75 Å². The van der Waals surface area contributed by atoms with Gasteiger partial charge in [0.05, 0.1) is 10.7 Å². The number of nitrogens with one attached hydrogen (secondary N) is 2. The Bertz CT molecular complexity index is 607. The van der Waals surface area contributed by atoms with Crippen molar-refractivity contribution in [1.82, 2.24) is 5.32 Å². The first-order valence-corrected chi connectivity index (χ1v) is 6.31. The van der Waals surface area contributed by atoms with E-state index in [0.29, 0.717) is 10.7 Å². The van der Waals surface area contributed by atoms with Crippen molar-refractivity contribution in [2.75, 3.05) is 5.32 Å². The smallest absolute Gasteiger partial charge is 0.405 e. The van der Waals surface area contributed by atoms with E-state index in [1.807, 2.05) is 5.32 Å². The van der Waals surface area contributed by atoms with Gasteiger partial charge in [-0.2, -0.15) is 0 Å². The van der Waals surface area contributed by atoms with E-state index in [9.17, 15) is 14.4 Å². The molecule has 0 fully saturated rings. The average molecular weight is 314 g/mol. The molecule has 2 rings (SSSR count). The number of para-hydroxylation sites is 1. The minimum absolute atomic E-state index is 0.238. The Morgan fingerprint density at radius 1 is 1.52 bits per heavy atom. The largest absolute Gasteiger partial charge is 0.477 e. The van der Waals surface area contributed by atoms with Crippen molar-refractivity contribution >= 4 is 35.2 Å². The van der Waals surface area contributed by atoms with Gasteiger partial charge in [0.15, 0.2) is 11.9 Å². The van der Waals surface area contributed by atoms with E-state index in [1.54, 1.807) is 18.2 Å². The Morgan fingerprint density at radius 2 is 2.24 bits per heavy atom. The van der Waals surface area contributed by atoms with Gasteiger partial charge in [-0.15, -0.1) is 0 Å². The summed E-state index contributed by atoms with van der Waals surface area (Å²) in [5.41, 5.74) is 5.50. The lowest BCUT2D eigenvalue weighted by Gasteiger charge is -2.28. The van der Waals surface area contributed by atoms with Crippen LogP contribution in [0, 0.1) is 0 Å². The third kappa shape index (κ3) is 3.34. The van der Waals surface area contributed by atoms with Crippen LogP contribution in [0.25, 0.3) is 0 Å². The van der Waals surface area contributed by atoms with Crippen LogP contribution in [0.2, 0.25) is 5.02 Å². The summed E-state index contributed by atoms with van der Waals surface area (Å²) in [7, 11) is 0. The lowest BCUT2D eigenvalue weighted by molar-refractivity contribution is -0.125. The summed E-state index contributed by atoms with van der Waals surface area (Å²) in [6.45, 7) is 0. The van der Waals surface area contributed by atoms with E-state index in [1.165, 1.54) is 0 Å². The van der Waals surface area contributed by atoms with Crippen LogP contribution < -0.4 is 21.1 Å². The van der Waals surface area contributed by atoms with Crippen molar-refractivity contribution in [2.45, 2.75) is 18.6 Å². The number of primary amides is 1. The molecule has 9 heteroatoms. The number of halogens is 1. The van der Waals surface area contributed by atoms with Crippen LogP contribution in [-0.4, -0.2) is 35.2 Å². The predicted molar refractivity (Wildman–Crippen MR) is 73.3 cm³/mol. The van der Waals surface area contributed by atoms with E-state index in [0.717, 1.165) is 0 Å². The van der Waals surface area contributed by atoms with E-state index in [2.05, 4.69) is 5.32 Å². The molecule has 21 heavy (non-hydrogen) atoms. The summed E-state index contributed by atoms with van der Waals surface area (Å²) >= 11 is 5.96. The van der Waals surface area contributed by atoms with Crippen LogP contribution in [0.1, 0.15) is 6.42 Å². The van der Waals surface area contributed by atoms with Gasteiger partial charge >= 0.3 is 6.09 Å². The second-order valence-electron chi connectivity index (χ2n) is 4.35. The number of carboxylic acid groups (broad SMARTS) is 1. The Kier molecular flexibility index (Phi) is 4.18. The average Bonchev–Trinajstić information content (AvgIpc) is 2.39. The van der Waals surface area contributed by atoms with E-state index in [-0.39, 0.29) is 12.2 Å². The molecular formula is C12H12ClN3O5. The molecule has 5 N–H and O–H groups in total. The molecule has 0 saturated carbocycles. The van der Waals surface area contributed by atoms with Gasteiger partial charge in [0.1, 0.15) is 6.04 Å². The number of fused-ring (bicyclic) bond motifs is 1. The first-order chi connectivity index (χ1) is 9.88. The molecule has 0 radical (unpaired) electrons. The maximum absolute atomic E-state index is 11.9. The monoisotopic (exact) mass is 313 g/mol. The van der Waals surface area contributed by atoms with E-state index < -0.39 is 30.1 Å². The molecule has 0 saturated heterocycles. The lowest BCUT2D eigenvalue weighted by Crippen LogP contribution is -2.49. The number of hydrogen-bond donors (Lipinski definition) is 4. The summed E-state index contributed by atoms with van der Waals surface area (Å²) in [6, 6.07) is 3.58. The fourth-order valence-corrected chi connectivity index (χ4v) is 2.12. The number of hydrogen-bond acceptors (Lipinski definition) is 4. The molecule has 1 aromatic carbocycles. The van der Waals surface area contributed by atoms with Crippen LogP contribution in [0.3, 0.4) is 0 Å². The van der Waals surface area contributed by atoms with Gasteiger partial charge in [0, 0.05) is 6.42 Å². The van der Waals surface area contributed by atoms with E-state index >= 15 is 0 Å². The van der Waals surface area contributed by atoms with Crippen molar-refractivity contribution in [3.63, 3.8) is 0 Å². The third-order valence-electron chi connectivity index (χ3n) is 2.87. The number of anilines is 1. The van der Waals surface area contributed by atoms with Gasteiger partial charge in [-0.25, -0.2) is 4.79 Å². The minimum atomic E-state index is -1.42. The van der Waals surface area contributed by atoms with Crippen LogP contribution in [0.15, 0.2) is 18.2 Å². The topological polar surface area (TPSA) is 131 Å². The number of amides is 3. The van der Waals surface area contributed by atoms with Gasteiger partial charge in [-0.05, 0) is 12.1 Å². The summed E-state index contributed by atoms with van der Waals surface area (Å²) in [5, 5.41) is 13.4. The zero-order valence-electron chi connectivity index (χ0n) is 10.6. The predicted octanol–water partition coefficient (Wildman–Crippen LogP) is 0.551. The Hall–Kier alpha value is -2.48. The Labute approximate surface area is 124 Å². The van der Waals surface area contributed by atoms with Crippen LogP contribution >= 0.6 is 11.6 Å². The minimum Gasteiger partial charge on any atom is -0.477 e. The van der Waals surface area contributed by atoms with Crippen molar-refractivity contribution in [2.24, 2.45) is 5.73 Å². The Balaban J connectivity index is 2.17. The number of carbonyl (C=O) groups is 3. The number of nitrogens with two attached hydrogens (primary N) is 1. The van der Waals surface area contributed by atoms with Gasteiger partial charge in [0.2, 0.25) is 5.91 Å². The molecule has 2 atom stereocenters. The molecule has 0 aromatic heterocycles. The number of carbonyl (C=O) groups excluding carboxylic acids is 2. The Morgan fingerprint density at radius 3 is 2.86 bits per heavy atom. The second-order valence-corrected chi connectivity index (χ2v) is 4.76. The molecular weight excluding hydrogens is 302 g/mol. The molecule has 8 nitrogen and oxygen atoms in total. The molecule has 0 bridgehead atoms. The van der Waals surface area contributed by atoms with Gasteiger partial charge < -0.3 is 26.2 Å². The number of ether oxygens (including phenoxy) is 1. The summed E-state index contributed by atoms with van der Waals surface area (Å²) in [5.74, 6) is -1.15. The zero-order valence-corrected chi connectivity index (χ0v) is 11.4. The molecule has 1 aliphatic heterocycles. The van der Waals surface area contributed by atoms with Crippen molar-refractivity contribution in [1.29, 1.82) is 0 Å². The van der Waals surface area contributed by atoms with Gasteiger partial charge in [-0.1, -0.05) is 17.7 Å². The number of rotatable bonds is 4. The maximum atomic E-state index is 11.9. The van der Waals surface area contributed by atoms with Crippen LogP contribution in [-0.2, 0) is 9.59 Å². The first kappa shape index (κ1) is 14.9. The molecule has 0 aliphatic carbocycles. The van der Waals surface area contributed by atoms with Gasteiger partial charge in [0.25, 0.3) is 5.91 Å². The zero-order chi connectivity index (χ0) is 15.6.